The minimum Gasteiger partial charge on any atom is -0.396 e. The first-order valence-electron chi connectivity index (χ1n) is 6.89. The van der Waals surface area contributed by atoms with Crippen molar-refractivity contribution in [2.75, 3.05) is 6.61 Å². The van der Waals surface area contributed by atoms with E-state index in [0.29, 0.717) is 19.3 Å². The molecule has 1 aliphatic heterocycles. The van der Waals surface area contributed by atoms with Crippen molar-refractivity contribution in [1.82, 2.24) is 9.97 Å². The van der Waals surface area contributed by atoms with E-state index in [-0.39, 0.29) is 18.4 Å². The van der Waals surface area contributed by atoms with E-state index in [1.807, 2.05) is 0 Å². The molecule has 5 atom stereocenters. The molecule has 1 aromatic heterocycles. The van der Waals surface area contributed by atoms with Crippen molar-refractivity contribution >= 4 is 9.84 Å². The van der Waals surface area contributed by atoms with Gasteiger partial charge in [-0.1, -0.05) is 0 Å². The van der Waals surface area contributed by atoms with E-state index in [0.717, 1.165) is 5.69 Å². The summed E-state index contributed by atoms with van der Waals surface area (Å²) in [5.41, 5.74) is -0.216. The van der Waals surface area contributed by atoms with Crippen LogP contribution in [-0.4, -0.2) is 51.3 Å². The Labute approximate surface area is 118 Å². The van der Waals surface area contributed by atoms with E-state index in [9.17, 15) is 18.6 Å². The largest absolute Gasteiger partial charge is 0.396 e. The van der Waals surface area contributed by atoms with Crippen LogP contribution < -0.4 is 0 Å². The van der Waals surface area contributed by atoms with Crippen molar-refractivity contribution in [2.45, 2.75) is 42.3 Å². The smallest absolute Gasteiger partial charge is 0.157 e. The molecule has 6 nitrogen and oxygen atoms in total. The summed E-state index contributed by atoms with van der Waals surface area (Å²) in [6.07, 6.45) is 4.36. The molecule has 0 bridgehead atoms. The third-order valence-electron chi connectivity index (χ3n) is 4.93. The lowest BCUT2D eigenvalue weighted by molar-refractivity contribution is 0.0173. The Hall–Kier alpha value is -0.920. The number of H-pyrrole nitrogens is 1. The molecule has 1 saturated carbocycles. The van der Waals surface area contributed by atoms with Gasteiger partial charge in [-0.25, -0.2) is 13.4 Å². The Morgan fingerprint density at radius 2 is 2.30 bits per heavy atom. The highest BCUT2D eigenvalue weighted by atomic mass is 32.2. The Morgan fingerprint density at radius 1 is 1.55 bits per heavy atom. The number of nitrogens with zero attached hydrogens (tertiary/aromatic N) is 1. The molecule has 3 rings (SSSR count). The number of nitrogens with one attached hydrogen (secondary N) is 1. The lowest BCUT2D eigenvalue weighted by atomic mass is 9.88. The maximum absolute atomic E-state index is 12.7. The monoisotopic (exact) mass is 300 g/mol. The molecule has 7 heteroatoms. The number of fused-ring (bicyclic) bond motifs is 1. The van der Waals surface area contributed by atoms with Gasteiger partial charge in [-0.3, -0.25) is 0 Å². The number of aliphatic hydroxyl groups is 2. The lowest BCUT2D eigenvalue weighted by Gasteiger charge is -2.23. The Morgan fingerprint density at radius 3 is 2.90 bits per heavy atom. The number of hydrogen-bond acceptors (Lipinski definition) is 5. The molecule has 0 amide bonds. The van der Waals surface area contributed by atoms with Gasteiger partial charge in [0.1, 0.15) is 0 Å². The van der Waals surface area contributed by atoms with Gasteiger partial charge in [0.25, 0.3) is 0 Å². The first kappa shape index (κ1) is 14.0. The van der Waals surface area contributed by atoms with Gasteiger partial charge in [-0.05, 0) is 19.8 Å². The normalized spacial score (nSPS) is 42.8. The fourth-order valence-electron chi connectivity index (χ4n) is 4.02. The maximum Gasteiger partial charge on any atom is 0.157 e. The number of aliphatic hydroxyl groups excluding tert-OH is 1. The van der Waals surface area contributed by atoms with E-state index in [1.54, 1.807) is 13.1 Å². The number of rotatable bonds is 3. The summed E-state index contributed by atoms with van der Waals surface area (Å²) >= 11 is 0. The molecule has 2 fully saturated rings. The molecule has 3 N–H and O–H groups in total. The van der Waals surface area contributed by atoms with Crippen molar-refractivity contribution in [1.29, 1.82) is 0 Å². The lowest BCUT2D eigenvalue weighted by Crippen LogP contribution is -2.32. The molecule has 2 heterocycles. The molecule has 1 aliphatic carbocycles. The molecule has 0 spiro atoms. The number of aromatic amines is 1. The molecule has 5 unspecified atom stereocenters. The fraction of sp³-hybridized carbons (Fsp3) is 0.769. The fourth-order valence-corrected chi connectivity index (χ4v) is 6.93. The Bertz CT molecular complexity index is 582. The van der Waals surface area contributed by atoms with E-state index < -0.39 is 25.9 Å². The van der Waals surface area contributed by atoms with Crippen molar-refractivity contribution < 1.29 is 18.6 Å². The number of aromatic nitrogens is 2. The third-order valence-corrected chi connectivity index (χ3v) is 7.69. The zero-order chi connectivity index (χ0) is 14.5. The highest BCUT2D eigenvalue weighted by Crippen LogP contribution is 2.52. The van der Waals surface area contributed by atoms with Gasteiger partial charge in [0.15, 0.2) is 9.84 Å². The average Bonchev–Trinajstić information content (AvgIpc) is 3.01. The molecule has 2 aliphatic rings. The molecule has 0 aromatic carbocycles. The second-order valence-corrected chi connectivity index (χ2v) is 8.69. The van der Waals surface area contributed by atoms with Gasteiger partial charge in [-0.2, -0.15) is 0 Å². The second-order valence-electron chi connectivity index (χ2n) is 6.30. The summed E-state index contributed by atoms with van der Waals surface area (Å²) in [5.74, 6) is -0.635. The first-order chi connectivity index (χ1) is 9.36. The minimum absolute atomic E-state index is 0.187. The van der Waals surface area contributed by atoms with E-state index >= 15 is 0 Å². The van der Waals surface area contributed by atoms with E-state index in [4.69, 9.17) is 0 Å². The first-order valence-corrected chi connectivity index (χ1v) is 8.50. The van der Waals surface area contributed by atoms with Gasteiger partial charge in [0.05, 0.1) is 22.4 Å². The van der Waals surface area contributed by atoms with Crippen molar-refractivity contribution in [3.8, 4) is 0 Å². The van der Waals surface area contributed by atoms with Crippen LogP contribution in [0, 0.1) is 11.8 Å². The summed E-state index contributed by atoms with van der Waals surface area (Å²) in [5, 5.41) is 18.8. The number of sulfone groups is 1. The van der Waals surface area contributed by atoms with Crippen molar-refractivity contribution in [3.63, 3.8) is 0 Å². The topological polar surface area (TPSA) is 103 Å². The predicted octanol–water partition coefficient (Wildman–Crippen LogP) is -0.113. The van der Waals surface area contributed by atoms with E-state index in [2.05, 4.69) is 9.97 Å². The SMILES string of the molecule is CC1(O)CC(CO)C2C1CC(Cc1cnc[nH]1)S2(=O)=O. The summed E-state index contributed by atoms with van der Waals surface area (Å²) in [7, 11) is -3.34. The van der Waals surface area contributed by atoms with Crippen LogP contribution in [0.5, 0.6) is 0 Å². The zero-order valence-electron chi connectivity index (χ0n) is 11.4. The second kappa shape index (κ2) is 4.54. The van der Waals surface area contributed by atoms with Crippen molar-refractivity contribution in [3.05, 3.63) is 18.2 Å². The molecule has 1 aromatic rings. The molecular weight excluding hydrogens is 280 g/mol. The van der Waals surface area contributed by atoms with Crippen LogP contribution in [0.3, 0.4) is 0 Å². The van der Waals surface area contributed by atoms with Gasteiger partial charge in [-0.15, -0.1) is 0 Å². The quantitative estimate of drug-likeness (QED) is 0.722. The number of hydrogen-bond donors (Lipinski definition) is 3. The van der Waals surface area contributed by atoms with Crippen LogP contribution in [0.1, 0.15) is 25.5 Å². The Kier molecular flexibility index (Phi) is 3.19. The van der Waals surface area contributed by atoms with Crippen LogP contribution >= 0.6 is 0 Å². The molecule has 0 radical (unpaired) electrons. The summed E-state index contributed by atoms with van der Waals surface area (Å²) < 4.78 is 25.4. The van der Waals surface area contributed by atoms with Gasteiger partial charge < -0.3 is 15.2 Å². The summed E-state index contributed by atoms with van der Waals surface area (Å²) in [6, 6.07) is 0. The highest BCUT2D eigenvalue weighted by Gasteiger charge is 2.61. The molecule has 20 heavy (non-hydrogen) atoms. The van der Waals surface area contributed by atoms with Crippen LogP contribution in [0.15, 0.2) is 12.5 Å². The van der Waals surface area contributed by atoms with Gasteiger partial charge >= 0.3 is 0 Å². The predicted molar refractivity (Wildman–Crippen MR) is 72.7 cm³/mol. The maximum atomic E-state index is 12.7. The average molecular weight is 300 g/mol. The van der Waals surface area contributed by atoms with E-state index in [1.165, 1.54) is 6.33 Å². The van der Waals surface area contributed by atoms with Crippen molar-refractivity contribution in [2.24, 2.45) is 11.8 Å². The van der Waals surface area contributed by atoms with Crippen LogP contribution in [-0.2, 0) is 16.3 Å². The van der Waals surface area contributed by atoms with Gasteiger partial charge in [0, 0.05) is 36.8 Å². The molecule has 1 saturated heterocycles. The molecular formula is C13H20N2O4S. The summed E-state index contributed by atoms with van der Waals surface area (Å²) in [6.45, 7) is 1.50. The van der Waals surface area contributed by atoms with Crippen LogP contribution in [0.2, 0.25) is 0 Å². The molecule has 112 valence electrons. The highest BCUT2D eigenvalue weighted by molar-refractivity contribution is 7.93. The minimum atomic E-state index is -3.34. The summed E-state index contributed by atoms with van der Waals surface area (Å²) in [4.78, 5) is 6.83. The van der Waals surface area contributed by atoms with Gasteiger partial charge in [0.2, 0.25) is 0 Å². The van der Waals surface area contributed by atoms with Crippen LogP contribution in [0.4, 0.5) is 0 Å². The number of imidazole rings is 1. The zero-order valence-corrected chi connectivity index (χ0v) is 12.2. The third kappa shape index (κ3) is 1.99. The standard InChI is InChI=1S/C13H20N2O4S/c1-13(17)4-8(6-16)12-11(13)3-10(20(12,18)19)2-9-5-14-7-15-9/h5,7-8,10-12,16-17H,2-4,6H2,1H3,(H,14,15). The van der Waals surface area contributed by atoms with Crippen LogP contribution in [0.25, 0.3) is 0 Å². The Balaban J connectivity index is 1.91.